The summed E-state index contributed by atoms with van der Waals surface area (Å²) >= 11 is 0. The Morgan fingerprint density at radius 1 is 1.21 bits per heavy atom. The monoisotopic (exact) mass is 400 g/mol. The molecule has 1 aromatic carbocycles. The van der Waals surface area contributed by atoms with Crippen LogP contribution in [0.4, 0.5) is 4.39 Å². The summed E-state index contributed by atoms with van der Waals surface area (Å²) in [6.07, 6.45) is 17.4. The van der Waals surface area contributed by atoms with Crippen LogP contribution in [0.2, 0.25) is 0 Å². The van der Waals surface area contributed by atoms with Crippen LogP contribution in [0.5, 0.6) is 0 Å². The predicted molar refractivity (Wildman–Crippen MR) is 125 cm³/mol. The molecule has 0 bridgehead atoms. The Morgan fingerprint density at radius 3 is 2.31 bits per heavy atom. The molecule has 0 saturated heterocycles. The fourth-order valence-corrected chi connectivity index (χ4v) is 3.50. The van der Waals surface area contributed by atoms with Gasteiger partial charge in [0.1, 0.15) is 5.82 Å². The molecule has 1 aromatic rings. The van der Waals surface area contributed by atoms with Crippen molar-refractivity contribution in [1.29, 1.82) is 0 Å². The van der Waals surface area contributed by atoms with E-state index in [1.165, 1.54) is 31.2 Å². The summed E-state index contributed by atoms with van der Waals surface area (Å²) in [5, 5.41) is 3.18. The largest absolute Gasteiger partial charge is 0.392 e. The normalized spacial score (nSPS) is 17.5. The van der Waals surface area contributed by atoms with Crippen molar-refractivity contribution < 1.29 is 4.39 Å². The second kappa shape index (κ2) is 12.6. The highest BCUT2D eigenvalue weighted by Crippen LogP contribution is 2.51. The average molecular weight is 401 g/mol. The number of halogens is 1. The molecule has 3 heteroatoms. The summed E-state index contributed by atoms with van der Waals surface area (Å²) in [4.78, 5) is 0. The zero-order valence-electron chi connectivity index (χ0n) is 18.6. The molecule has 2 saturated carbocycles. The quantitative estimate of drug-likeness (QED) is 0.378. The summed E-state index contributed by atoms with van der Waals surface area (Å²) in [6.45, 7) is 10.2. The minimum Gasteiger partial charge on any atom is -0.392 e. The Labute approximate surface area is 178 Å². The lowest BCUT2D eigenvalue weighted by Gasteiger charge is -2.17. The molecule has 2 aliphatic carbocycles. The lowest BCUT2D eigenvalue weighted by molar-refractivity contribution is 0.544. The zero-order valence-corrected chi connectivity index (χ0v) is 18.6. The minimum atomic E-state index is -0.148. The maximum absolute atomic E-state index is 13.1. The van der Waals surface area contributed by atoms with E-state index >= 15 is 0 Å². The van der Waals surface area contributed by atoms with Crippen LogP contribution in [-0.2, 0) is 5.41 Å². The summed E-state index contributed by atoms with van der Waals surface area (Å²) in [5.41, 5.74) is 2.70. The van der Waals surface area contributed by atoms with Gasteiger partial charge in [-0.05, 0) is 74.0 Å². The van der Waals surface area contributed by atoms with Gasteiger partial charge in [-0.2, -0.15) is 0 Å². The van der Waals surface area contributed by atoms with Gasteiger partial charge >= 0.3 is 0 Å². The molecule has 162 valence electrons. The first-order chi connectivity index (χ1) is 13.5. The van der Waals surface area contributed by atoms with Crippen LogP contribution >= 0.6 is 0 Å². The highest BCUT2D eigenvalue weighted by Gasteiger charge is 2.43. The molecule has 1 atom stereocenters. The van der Waals surface area contributed by atoms with E-state index in [4.69, 9.17) is 0 Å². The van der Waals surface area contributed by atoms with Crippen LogP contribution < -0.4 is 11.5 Å². The van der Waals surface area contributed by atoms with Gasteiger partial charge in [0.15, 0.2) is 0 Å². The first kappa shape index (κ1) is 25.2. The Hall–Kier alpha value is -1.87. The van der Waals surface area contributed by atoms with E-state index in [0.717, 1.165) is 43.7 Å². The molecular formula is C26H41FN2. The predicted octanol–water partition coefficient (Wildman–Crippen LogP) is 7.48. The summed E-state index contributed by atoms with van der Waals surface area (Å²) in [6, 6.07) is 7.07. The molecule has 3 rings (SSSR count). The highest BCUT2D eigenvalue weighted by molar-refractivity contribution is 5.31. The van der Waals surface area contributed by atoms with Crippen LogP contribution in [-0.4, -0.2) is 7.05 Å². The Bertz CT molecular complexity index is 639. The van der Waals surface area contributed by atoms with Crippen LogP contribution in [0.25, 0.3) is 0 Å². The second-order valence-corrected chi connectivity index (χ2v) is 8.55. The molecule has 0 heterocycles. The lowest BCUT2D eigenvalue weighted by atomic mass is 9.90. The topological polar surface area (TPSA) is 47.0 Å². The van der Waals surface area contributed by atoms with Gasteiger partial charge in [0.2, 0.25) is 0 Å². The molecular weight excluding hydrogens is 359 g/mol. The minimum absolute atomic E-state index is 0. The van der Waals surface area contributed by atoms with Crippen molar-refractivity contribution in [3.63, 3.8) is 0 Å². The van der Waals surface area contributed by atoms with E-state index in [2.05, 4.69) is 37.6 Å². The number of nitrogens with one attached hydrogen (secondary N) is 1. The van der Waals surface area contributed by atoms with Crippen molar-refractivity contribution in [2.45, 2.75) is 70.1 Å². The number of allylic oxidation sites excluding steroid dienone is 4. The molecule has 2 aliphatic rings. The van der Waals surface area contributed by atoms with Crippen molar-refractivity contribution in [2.24, 2.45) is 11.8 Å². The molecule has 0 spiro atoms. The molecule has 0 radical (unpaired) electrons. The third-order valence-corrected chi connectivity index (χ3v) is 6.09. The Balaban J connectivity index is 0.000000748. The van der Waals surface area contributed by atoms with Crippen LogP contribution in [0.3, 0.4) is 0 Å². The van der Waals surface area contributed by atoms with E-state index in [1.807, 2.05) is 25.3 Å². The Kier molecular flexibility index (Phi) is 11.0. The van der Waals surface area contributed by atoms with Crippen LogP contribution in [0, 0.1) is 17.7 Å². The van der Waals surface area contributed by atoms with Crippen molar-refractivity contribution in [3.8, 4) is 0 Å². The smallest absolute Gasteiger partial charge is 0.123 e. The van der Waals surface area contributed by atoms with E-state index < -0.39 is 0 Å². The maximum Gasteiger partial charge on any atom is 0.123 e. The SMILES string of the molecule is C=CCCC(C/C=C\CCC1(c2ccc(F)cc2)CC1)C(=C)NC.CC1CC1.N. The van der Waals surface area contributed by atoms with Gasteiger partial charge in [-0.15, -0.1) is 6.58 Å². The third kappa shape index (κ3) is 8.99. The maximum atomic E-state index is 13.1. The van der Waals surface area contributed by atoms with Crippen molar-refractivity contribution in [1.82, 2.24) is 11.5 Å². The molecule has 1 unspecified atom stereocenters. The standard InChI is InChI=1S/C22H30FN.C4H8.H3N/c1-4-5-9-19(18(2)24-3)10-7-6-8-15-22(16-17-22)20-11-13-21(23)14-12-20;1-4-2-3-4;/h4,6-7,11-14,19,24H,1-2,5,8-10,15-17H2,3H3;4H,2-3H2,1H3;1H3/b7-6-;;. The summed E-state index contributed by atoms with van der Waals surface area (Å²) in [5.74, 6) is 1.40. The fourth-order valence-electron chi connectivity index (χ4n) is 3.50. The van der Waals surface area contributed by atoms with E-state index in [-0.39, 0.29) is 12.0 Å². The summed E-state index contributed by atoms with van der Waals surface area (Å²) in [7, 11) is 1.94. The number of rotatable bonds is 11. The lowest BCUT2D eigenvalue weighted by Crippen LogP contribution is -2.14. The average Bonchev–Trinajstić information content (AvgIpc) is 3.63. The van der Waals surface area contributed by atoms with Crippen LogP contribution in [0.15, 0.2) is 61.3 Å². The molecule has 4 N–H and O–H groups in total. The van der Waals surface area contributed by atoms with Crippen molar-refractivity contribution in [2.75, 3.05) is 7.05 Å². The number of hydrogen-bond donors (Lipinski definition) is 2. The summed E-state index contributed by atoms with van der Waals surface area (Å²) < 4.78 is 13.1. The van der Waals surface area contributed by atoms with E-state index in [0.29, 0.717) is 11.3 Å². The fraction of sp³-hybridized carbons (Fsp3) is 0.538. The first-order valence-corrected chi connectivity index (χ1v) is 10.9. The molecule has 0 aromatic heterocycles. The van der Waals surface area contributed by atoms with Crippen molar-refractivity contribution >= 4 is 0 Å². The molecule has 2 fully saturated rings. The second-order valence-electron chi connectivity index (χ2n) is 8.55. The van der Waals surface area contributed by atoms with Gasteiger partial charge in [0.05, 0.1) is 0 Å². The van der Waals surface area contributed by atoms with Gasteiger partial charge in [-0.25, -0.2) is 4.39 Å². The third-order valence-electron chi connectivity index (χ3n) is 6.09. The van der Waals surface area contributed by atoms with E-state index in [1.54, 1.807) is 12.1 Å². The molecule has 29 heavy (non-hydrogen) atoms. The van der Waals surface area contributed by atoms with Gasteiger partial charge < -0.3 is 11.5 Å². The van der Waals surface area contributed by atoms with E-state index in [9.17, 15) is 4.39 Å². The van der Waals surface area contributed by atoms with Gasteiger partial charge in [0, 0.05) is 18.7 Å². The van der Waals surface area contributed by atoms with Gasteiger partial charge in [-0.1, -0.05) is 56.7 Å². The van der Waals surface area contributed by atoms with Crippen molar-refractivity contribution in [3.05, 3.63) is 72.7 Å². The number of benzene rings is 1. The first-order valence-electron chi connectivity index (χ1n) is 10.9. The van der Waals surface area contributed by atoms with Gasteiger partial charge in [-0.3, -0.25) is 0 Å². The Morgan fingerprint density at radius 2 is 1.83 bits per heavy atom. The zero-order chi connectivity index (χ0) is 20.4. The molecule has 0 aliphatic heterocycles. The van der Waals surface area contributed by atoms with Crippen LogP contribution in [0.1, 0.15) is 70.3 Å². The molecule has 2 nitrogen and oxygen atoms in total. The highest BCUT2D eigenvalue weighted by atomic mass is 19.1. The molecule has 0 amide bonds. The van der Waals surface area contributed by atoms with Gasteiger partial charge in [0.25, 0.3) is 0 Å². The number of hydrogen-bond acceptors (Lipinski definition) is 2.